The largest absolute Gasteiger partial charge is 0.494 e. The Morgan fingerprint density at radius 2 is 1.96 bits per heavy atom. The second-order valence-electron chi connectivity index (χ2n) is 6.85. The lowest BCUT2D eigenvalue weighted by molar-refractivity contribution is 0.0152. The molecule has 0 radical (unpaired) electrons. The molecule has 6 heteroatoms. The third-order valence-corrected chi connectivity index (χ3v) is 5.12. The summed E-state index contributed by atoms with van der Waals surface area (Å²) in [6.45, 7) is 10.5. The Kier molecular flexibility index (Phi) is 6.15. The lowest BCUT2D eigenvalue weighted by atomic mass is 10.1. The number of rotatable bonds is 6. The summed E-state index contributed by atoms with van der Waals surface area (Å²) >= 11 is 0. The number of guanidine groups is 1. The van der Waals surface area contributed by atoms with Crippen molar-refractivity contribution in [3.05, 3.63) is 29.8 Å². The predicted octanol–water partition coefficient (Wildman–Crippen LogP) is 1.09. The van der Waals surface area contributed by atoms with E-state index in [9.17, 15) is 0 Å². The number of benzene rings is 1. The van der Waals surface area contributed by atoms with E-state index in [0.717, 1.165) is 24.8 Å². The quantitative estimate of drug-likeness (QED) is 0.618. The Hall–Kier alpha value is -1.79. The molecule has 3 aliphatic heterocycles. The molecule has 4 rings (SSSR count). The fourth-order valence-electron chi connectivity index (χ4n) is 3.72. The van der Waals surface area contributed by atoms with E-state index in [1.54, 1.807) is 0 Å². The van der Waals surface area contributed by atoms with Gasteiger partial charge in [0.15, 0.2) is 5.96 Å². The standard InChI is InChI=1S/C19H31N5O/c1-4-25-18-7-5-16(6-8-18)14-22(3)19(20-2)21-13-17-15-23-9-11-24(17)12-10-23/h5-8,17H,4,9-15H2,1-3H3,(H,20,21). The highest BCUT2D eigenvalue weighted by atomic mass is 16.5. The van der Waals surface area contributed by atoms with Crippen LogP contribution in [0.4, 0.5) is 0 Å². The van der Waals surface area contributed by atoms with Crippen LogP contribution in [0.15, 0.2) is 29.3 Å². The predicted molar refractivity (Wildman–Crippen MR) is 102 cm³/mol. The average molecular weight is 345 g/mol. The molecule has 1 aromatic carbocycles. The van der Waals surface area contributed by atoms with Gasteiger partial charge in [-0.25, -0.2) is 0 Å². The van der Waals surface area contributed by atoms with Gasteiger partial charge in [0, 0.05) is 66.0 Å². The first-order chi connectivity index (χ1) is 12.2. The van der Waals surface area contributed by atoms with Crippen molar-refractivity contribution in [2.45, 2.75) is 19.5 Å². The summed E-state index contributed by atoms with van der Waals surface area (Å²) in [6, 6.07) is 8.90. The van der Waals surface area contributed by atoms with Crippen molar-refractivity contribution in [1.29, 1.82) is 0 Å². The number of hydrogen-bond donors (Lipinski definition) is 1. The normalized spacial score (nSPS) is 25.7. The number of hydrogen-bond acceptors (Lipinski definition) is 4. The number of aliphatic imine (C=N–C) groups is 1. The summed E-state index contributed by atoms with van der Waals surface area (Å²) in [5.74, 6) is 1.87. The number of fused-ring (bicyclic) bond motifs is 3. The van der Waals surface area contributed by atoms with Gasteiger partial charge in [-0.15, -0.1) is 0 Å². The first-order valence-electron chi connectivity index (χ1n) is 9.29. The van der Waals surface area contributed by atoms with Crippen LogP contribution in [0.2, 0.25) is 0 Å². The van der Waals surface area contributed by atoms with Gasteiger partial charge in [-0.3, -0.25) is 14.8 Å². The SMILES string of the molecule is CCOc1ccc(CN(C)C(=NC)NCC2CN3CCN2CC3)cc1. The van der Waals surface area contributed by atoms with Crippen LogP contribution >= 0.6 is 0 Å². The fourth-order valence-corrected chi connectivity index (χ4v) is 3.72. The van der Waals surface area contributed by atoms with Crippen LogP contribution in [0.5, 0.6) is 5.75 Å². The summed E-state index contributed by atoms with van der Waals surface area (Å²) in [5.41, 5.74) is 1.25. The molecule has 2 bridgehead atoms. The smallest absolute Gasteiger partial charge is 0.193 e. The molecule has 1 unspecified atom stereocenters. The first kappa shape index (κ1) is 18.0. The third kappa shape index (κ3) is 4.64. The van der Waals surface area contributed by atoms with Crippen LogP contribution < -0.4 is 10.1 Å². The van der Waals surface area contributed by atoms with E-state index < -0.39 is 0 Å². The van der Waals surface area contributed by atoms with Crippen molar-refractivity contribution in [2.75, 3.05) is 60.0 Å². The van der Waals surface area contributed by atoms with E-state index in [1.807, 2.05) is 26.1 Å². The maximum absolute atomic E-state index is 5.51. The molecule has 1 N–H and O–H groups in total. The van der Waals surface area contributed by atoms with Crippen molar-refractivity contribution in [1.82, 2.24) is 20.0 Å². The van der Waals surface area contributed by atoms with Gasteiger partial charge < -0.3 is 15.0 Å². The van der Waals surface area contributed by atoms with Gasteiger partial charge in [0.05, 0.1) is 6.61 Å². The molecule has 1 atom stereocenters. The molecule has 0 aliphatic carbocycles. The molecule has 3 fully saturated rings. The van der Waals surface area contributed by atoms with Crippen molar-refractivity contribution in [3.8, 4) is 5.75 Å². The second-order valence-corrected chi connectivity index (χ2v) is 6.85. The highest BCUT2D eigenvalue weighted by Crippen LogP contribution is 2.15. The van der Waals surface area contributed by atoms with E-state index >= 15 is 0 Å². The molecule has 6 nitrogen and oxygen atoms in total. The molecule has 0 amide bonds. The van der Waals surface area contributed by atoms with Gasteiger partial charge in [0.2, 0.25) is 0 Å². The van der Waals surface area contributed by atoms with Crippen LogP contribution in [0.3, 0.4) is 0 Å². The maximum atomic E-state index is 5.51. The number of nitrogens with one attached hydrogen (secondary N) is 1. The van der Waals surface area contributed by atoms with Crippen LogP contribution in [0, 0.1) is 0 Å². The molecule has 3 saturated heterocycles. The third-order valence-electron chi connectivity index (χ3n) is 5.12. The van der Waals surface area contributed by atoms with Crippen LogP contribution in [-0.2, 0) is 6.54 Å². The lowest BCUT2D eigenvalue weighted by Crippen LogP contribution is -2.63. The molecular weight excluding hydrogens is 314 g/mol. The van der Waals surface area contributed by atoms with Crippen LogP contribution in [-0.4, -0.2) is 86.7 Å². The monoisotopic (exact) mass is 345 g/mol. The van der Waals surface area contributed by atoms with E-state index in [-0.39, 0.29) is 0 Å². The minimum Gasteiger partial charge on any atom is -0.494 e. The highest BCUT2D eigenvalue weighted by molar-refractivity contribution is 5.79. The first-order valence-corrected chi connectivity index (χ1v) is 9.29. The fraction of sp³-hybridized carbons (Fsp3) is 0.632. The second kappa shape index (κ2) is 8.54. The maximum Gasteiger partial charge on any atom is 0.193 e. The molecule has 25 heavy (non-hydrogen) atoms. The van der Waals surface area contributed by atoms with E-state index in [0.29, 0.717) is 12.6 Å². The summed E-state index contributed by atoms with van der Waals surface area (Å²) in [7, 11) is 3.94. The van der Waals surface area contributed by atoms with Gasteiger partial charge in [-0.1, -0.05) is 12.1 Å². The summed E-state index contributed by atoms with van der Waals surface area (Å²) < 4.78 is 5.51. The Morgan fingerprint density at radius 1 is 1.24 bits per heavy atom. The van der Waals surface area contributed by atoms with E-state index in [1.165, 1.54) is 38.3 Å². The minimum absolute atomic E-state index is 0.595. The lowest BCUT2D eigenvalue weighted by Gasteiger charge is -2.47. The molecule has 138 valence electrons. The van der Waals surface area contributed by atoms with Gasteiger partial charge in [0.1, 0.15) is 5.75 Å². The Labute approximate surface area is 151 Å². The number of nitrogens with zero attached hydrogens (tertiary/aromatic N) is 4. The van der Waals surface area contributed by atoms with Gasteiger partial charge >= 0.3 is 0 Å². The zero-order valence-corrected chi connectivity index (χ0v) is 15.7. The molecule has 0 aromatic heterocycles. The Balaban J connectivity index is 1.50. The summed E-state index contributed by atoms with van der Waals surface area (Å²) in [4.78, 5) is 11.8. The molecule has 3 aliphatic rings. The van der Waals surface area contributed by atoms with Crippen LogP contribution in [0.25, 0.3) is 0 Å². The zero-order valence-electron chi connectivity index (χ0n) is 15.7. The minimum atomic E-state index is 0.595. The molecule has 0 spiro atoms. The topological polar surface area (TPSA) is 43.3 Å². The van der Waals surface area contributed by atoms with Gasteiger partial charge in [-0.05, 0) is 24.6 Å². The molecule has 1 aromatic rings. The van der Waals surface area contributed by atoms with Crippen LogP contribution in [0.1, 0.15) is 12.5 Å². The highest BCUT2D eigenvalue weighted by Gasteiger charge is 2.31. The van der Waals surface area contributed by atoms with Crippen molar-refractivity contribution in [3.63, 3.8) is 0 Å². The summed E-state index contributed by atoms with van der Waals surface area (Å²) in [6.07, 6.45) is 0. The van der Waals surface area contributed by atoms with Crippen molar-refractivity contribution < 1.29 is 4.74 Å². The number of piperazine rings is 3. The number of ether oxygens (including phenoxy) is 1. The molecular formula is C19H31N5O. The molecule has 0 saturated carbocycles. The summed E-state index contributed by atoms with van der Waals surface area (Å²) in [5, 5.41) is 3.56. The van der Waals surface area contributed by atoms with Crippen molar-refractivity contribution >= 4 is 5.96 Å². The Bertz CT molecular complexity index is 566. The zero-order chi connectivity index (χ0) is 17.6. The van der Waals surface area contributed by atoms with Crippen molar-refractivity contribution in [2.24, 2.45) is 4.99 Å². The van der Waals surface area contributed by atoms with Gasteiger partial charge in [0.25, 0.3) is 0 Å². The average Bonchev–Trinajstić information content (AvgIpc) is 2.65. The molecule has 3 heterocycles. The van der Waals surface area contributed by atoms with Gasteiger partial charge in [-0.2, -0.15) is 0 Å². The van der Waals surface area contributed by atoms with E-state index in [2.05, 4.69) is 44.2 Å². The van der Waals surface area contributed by atoms with E-state index in [4.69, 9.17) is 4.74 Å². The Morgan fingerprint density at radius 3 is 2.52 bits per heavy atom.